The first-order chi connectivity index (χ1) is 11.3. The van der Waals surface area contributed by atoms with Crippen LogP contribution in [0.3, 0.4) is 0 Å². The maximum atomic E-state index is 6.03. The monoisotopic (exact) mass is 323 g/mol. The molecule has 0 aliphatic heterocycles. The molecule has 116 valence electrons. The van der Waals surface area contributed by atoms with Crippen molar-refractivity contribution in [1.82, 2.24) is 0 Å². The van der Waals surface area contributed by atoms with Crippen molar-refractivity contribution in [3.8, 4) is 5.75 Å². The van der Waals surface area contributed by atoms with E-state index in [1.54, 1.807) is 7.11 Å². The summed E-state index contributed by atoms with van der Waals surface area (Å²) in [5.74, 6) is 0.851. The summed E-state index contributed by atoms with van der Waals surface area (Å²) in [5.41, 5.74) is 3.46. The van der Waals surface area contributed by atoms with Crippen LogP contribution in [-0.2, 0) is 6.54 Å². The Morgan fingerprint density at radius 1 is 0.783 bits per heavy atom. The van der Waals surface area contributed by atoms with E-state index in [0.717, 1.165) is 28.7 Å². The fraction of sp³-hybridized carbons (Fsp3) is 0.100. The Bertz CT molecular complexity index is 739. The summed E-state index contributed by atoms with van der Waals surface area (Å²) in [5, 5.41) is 0.739. The van der Waals surface area contributed by atoms with E-state index in [2.05, 4.69) is 41.3 Å². The third-order valence-corrected chi connectivity index (χ3v) is 3.96. The zero-order chi connectivity index (χ0) is 16.1. The molecule has 0 unspecified atom stereocenters. The molecule has 23 heavy (non-hydrogen) atoms. The lowest BCUT2D eigenvalue weighted by molar-refractivity contribution is 0.415. The van der Waals surface area contributed by atoms with E-state index < -0.39 is 0 Å². The molecule has 2 nitrogen and oxygen atoms in total. The minimum atomic E-state index is 0.739. The summed E-state index contributed by atoms with van der Waals surface area (Å²) in [6, 6.07) is 26.4. The average Bonchev–Trinajstić information content (AvgIpc) is 2.62. The lowest BCUT2D eigenvalue weighted by atomic mass is 10.1. The minimum Gasteiger partial charge on any atom is -0.497 e. The molecule has 0 saturated carbocycles. The quantitative estimate of drug-likeness (QED) is 0.598. The van der Waals surface area contributed by atoms with Crippen molar-refractivity contribution in [3.63, 3.8) is 0 Å². The van der Waals surface area contributed by atoms with Crippen molar-refractivity contribution >= 4 is 23.0 Å². The molecule has 0 aliphatic rings. The summed E-state index contributed by atoms with van der Waals surface area (Å²) < 4.78 is 5.25. The van der Waals surface area contributed by atoms with Crippen molar-refractivity contribution in [2.75, 3.05) is 12.0 Å². The fourth-order valence-corrected chi connectivity index (χ4v) is 2.61. The van der Waals surface area contributed by atoms with Gasteiger partial charge in [-0.3, -0.25) is 0 Å². The molecular formula is C20H18ClNO. The van der Waals surface area contributed by atoms with Crippen LogP contribution in [0.5, 0.6) is 5.75 Å². The molecule has 0 bridgehead atoms. The van der Waals surface area contributed by atoms with Crippen LogP contribution in [0.15, 0.2) is 78.9 Å². The zero-order valence-electron chi connectivity index (χ0n) is 12.9. The normalized spacial score (nSPS) is 10.3. The van der Waals surface area contributed by atoms with E-state index >= 15 is 0 Å². The van der Waals surface area contributed by atoms with E-state index in [9.17, 15) is 0 Å². The number of nitrogens with zero attached hydrogens (tertiary/aromatic N) is 1. The van der Waals surface area contributed by atoms with Crippen molar-refractivity contribution in [3.05, 3.63) is 89.4 Å². The van der Waals surface area contributed by atoms with Crippen LogP contribution in [-0.4, -0.2) is 7.11 Å². The highest BCUT2D eigenvalue weighted by atomic mass is 35.5. The predicted molar refractivity (Wildman–Crippen MR) is 96.7 cm³/mol. The van der Waals surface area contributed by atoms with E-state index in [1.807, 2.05) is 42.5 Å². The van der Waals surface area contributed by atoms with Crippen molar-refractivity contribution in [1.29, 1.82) is 0 Å². The summed E-state index contributed by atoms with van der Waals surface area (Å²) in [6.07, 6.45) is 0. The van der Waals surface area contributed by atoms with Gasteiger partial charge in [0.15, 0.2) is 0 Å². The molecule has 0 aliphatic carbocycles. The number of hydrogen-bond donors (Lipinski definition) is 0. The highest BCUT2D eigenvalue weighted by molar-refractivity contribution is 6.30. The van der Waals surface area contributed by atoms with Crippen molar-refractivity contribution in [2.45, 2.75) is 6.54 Å². The van der Waals surface area contributed by atoms with Crippen LogP contribution < -0.4 is 9.64 Å². The maximum absolute atomic E-state index is 6.03. The molecule has 0 heterocycles. The van der Waals surface area contributed by atoms with Gasteiger partial charge in [-0.1, -0.05) is 41.9 Å². The van der Waals surface area contributed by atoms with Gasteiger partial charge >= 0.3 is 0 Å². The standard InChI is InChI=1S/C20H18ClNO/c1-23-20-13-11-19(12-14-20)22(15-16-5-3-2-4-6-16)18-9-7-17(21)8-10-18/h2-14H,15H2,1H3. The number of anilines is 2. The number of methoxy groups -OCH3 is 1. The molecule has 0 fully saturated rings. The van der Waals surface area contributed by atoms with Crippen LogP contribution in [0.2, 0.25) is 5.02 Å². The van der Waals surface area contributed by atoms with E-state index in [1.165, 1.54) is 5.56 Å². The Balaban J connectivity index is 1.96. The van der Waals surface area contributed by atoms with Crippen LogP contribution >= 0.6 is 11.6 Å². The second-order valence-electron chi connectivity index (χ2n) is 5.25. The first-order valence-corrected chi connectivity index (χ1v) is 7.85. The van der Waals surface area contributed by atoms with Gasteiger partial charge in [-0.2, -0.15) is 0 Å². The second-order valence-corrected chi connectivity index (χ2v) is 5.68. The topological polar surface area (TPSA) is 12.5 Å². The predicted octanol–water partition coefficient (Wildman–Crippen LogP) is 5.69. The number of rotatable bonds is 5. The fourth-order valence-electron chi connectivity index (χ4n) is 2.48. The van der Waals surface area contributed by atoms with Crippen LogP contribution in [0, 0.1) is 0 Å². The molecule has 0 spiro atoms. The van der Waals surface area contributed by atoms with E-state index in [-0.39, 0.29) is 0 Å². The lowest BCUT2D eigenvalue weighted by Crippen LogP contribution is -2.16. The molecule has 0 radical (unpaired) electrons. The van der Waals surface area contributed by atoms with Gasteiger partial charge in [-0.15, -0.1) is 0 Å². The Morgan fingerprint density at radius 3 is 1.91 bits per heavy atom. The van der Waals surface area contributed by atoms with Crippen LogP contribution in [0.1, 0.15) is 5.56 Å². The van der Waals surface area contributed by atoms with Gasteiger partial charge < -0.3 is 9.64 Å². The van der Waals surface area contributed by atoms with E-state index in [0.29, 0.717) is 0 Å². The number of hydrogen-bond acceptors (Lipinski definition) is 2. The summed E-state index contributed by atoms with van der Waals surface area (Å²) in [4.78, 5) is 2.26. The molecule has 0 amide bonds. The lowest BCUT2D eigenvalue weighted by Gasteiger charge is -2.25. The molecule has 0 aromatic heterocycles. The summed E-state index contributed by atoms with van der Waals surface area (Å²) >= 11 is 6.03. The van der Waals surface area contributed by atoms with Gasteiger partial charge in [0, 0.05) is 22.9 Å². The third-order valence-electron chi connectivity index (χ3n) is 3.71. The largest absolute Gasteiger partial charge is 0.497 e. The van der Waals surface area contributed by atoms with E-state index in [4.69, 9.17) is 16.3 Å². The van der Waals surface area contributed by atoms with Gasteiger partial charge in [-0.05, 0) is 54.1 Å². The summed E-state index contributed by atoms with van der Waals surface area (Å²) in [6.45, 7) is 0.787. The Morgan fingerprint density at radius 2 is 1.35 bits per heavy atom. The smallest absolute Gasteiger partial charge is 0.119 e. The molecule has 3 aromatic carbocycles. The second kappa shape index (κ2) is 7.21. The van der Waals surface area contributed by atoms with Crippen LogP contribution in [0.25, 0.3) is 0 Å². The Hall–Kier alpha value is -2.45. The van der Waals surface area contributed by atoms with Crippen LogP contribution in [0.4, 0.5) is 11.4 Å². The maximum Gasteiger partial charge on any atom is 0.119 e. The first-order valence-electron chi connectivity index (χ1n) is 7.47. The van der Waals surface area contributed by atoms with Gasteiger partial charge in [0.1, 0.15) is 5.75 Å². The Kier molecular flexibility index (Phi) is 4.84. The SMILES string of the molecule is COc1ccc(N(Cc2ccccc2)c2ccc(Cl)cc2)cc1. The highest BCUT2D eigenvalue weighted by Crippen LogP contribution is 2.30. The highest BCUT2D eigenvalue weighted by Gasteiger charge is 2.10. The first kappa shape index (κ1) is 15.4. The van der Waals surface area contributed by atoms with Gasteiger partial charge in [0.05, 0.1) is 7.11 Å². The molecule has 3 rings (SSSR count). The minimum absolute atomic E-state index is 0.739. The average molecular weight is 324 g/mol. The number of ether oxygens (including phenoxy) is 1. The molecule has 3 aromatic rings. The number of halogens is 1. The van der Waals surface area contributed by atoms with Crippen molar-refractivity contribution < 1.29 is 4.74 Å². The molecule has 0 saturated heterocycles. The van der Waals surface area contributed by atoms with Gasteiger partial charge in [0.2, 0.25) is 0 Å². The Labute approximate surface area is 141 Å². The molecule has 0 N–H and O–H groups in total. The summed E-state index contributed by atoms with van der Waals surface area (Å²) in [7, 11) is 1.68. The molecule has 0 atom stereocenters. The molecule has 3 heteroatoms. The van der Waals surface area contributed by atoms with Crippen molar-refractivity contribution in [2.24, 2.45) is 0 Å². The van der Waals surface area contributed by atoms with Gasteiger partial charge in [0.25, 0.3) is 0 Å². The van der Waals surface area contributed by atoms with Gasteiger partial charge in [-0.25, -0.2) is 0 Å². The third kappa shape index (κ3) is 3.85. The molecular weight excluding hydrogens is 306 g/mol. The zero-order valence-corrected chi connectivity index (χ0v) is 13.7. The number of benzene rings is 3.